The van der Waals surface area contributed by atoms with Crippen molar-refractivity contribution in [1.82, 2.24) is 10.2 Å². The van der Waals surface area contributed by atoms with Crippen LogP contribution in [0.1, 0.15) is 36.8 Å². The summed E-state index contributed by atoms with van der Waals surface area (Å²) >= 11 is 8.32. The fourth-order valence-corrected chi connectivity index (χ4v) is 4.88. The van der Waals surface area contributed by atoms with E-state index in [1.165, 1.54) is 17.3 Å². The molecule has 0 atom stereocenters. The number of nitrogens with one attached hydrogen (secondary N) is 1. The van der Waals surface area contributed by atoms with Crippen molar-refractivity contribution in [1.29, 1.82) is 0 Å². The second-order valence-electron chi connectivity index (χ2n) is 6.64. The smallest absolute Gasteiger partial charge is 0.266 e. The topological polar surface area (TPSA) is 61.8 Å². The second-order valence-corrected chi connectivity index (χ2v) is 9.40. The van der Waals surface area contributed by atoms with Crippen LogP contribution in [-0.2, 0) is 9.59 Å². The van der Waals surface area contributed by atoms with E-state index >= 15 is 0 Å². The van der Waals surface area contributed by atoms with Gasteiger partial charge in [-0.3, -0.25) is 19.5 Å². The van der Waals surface area contributed by atoms with Gasteiger partial charge in [-0.15, -0.1) is 0 Å². The average Bonchev–Trinajstić information content (AvgIpc) is 3.26. The Morgan fingerprint density at radius 1 is 1.29 bits per heavy atom. The third kappa shape index (κ3) is 5.93. The fourth-order valence-electron chi connectivity index (χ4n) is 2.83. The van der Waals surface area contributed by atoms with Crippen LogP contribution in [0, 0.1) is 6.92 Å². The van der Waals surface area contributed by atoms with Crippen LogP contribution in [0.5, 0.6) is 0 Å². The van der Waals surface area contributed by atoms with Gasteiger partial charge in [0.05, 0.1) is 11.4 Å². The van der Waals surface area contributed by atoms with Gasteiger partial charge in [0.15, 0.2) is 5.17 Å². The van der Waals surface area contributed by atoms with Gasteiger partial charge in [-0.25, -0.2) is 0 Å². The van der Waals surface area contributed by atoms with E-state index in [1.807, 2.05) is 37.3 Å². The number of aryl methyl sites for hydroxylation is 1. The molecular formula is C20H23N3O2S3. The number of carbonyl (C=O) groups excluding carboxylic acids is 2. The molecule has 2 amide bonds. The number of thiocarbonyl (C=S) groups is 1. The summed E-state index contributed by atoms with van der Waals surface area (Å²) in [4.78, 5) is 31.0. The maximum absolute atomic E-state index is 12.6. The zero-order valence-corrected chi connectivity index (χ0v) is 18.2. The molecular weight excluding hydrogens is 410 g/mol. The van der Waals surface area contributed by atoms with Crippen LogP contribution >= 0.6 is 35.7 Å². The lowest BCUT2D eigenvalue weighted by atomic mass is 10.1. The molecule has 0 radical (unpaired) electrons. The molecule has 28 heavy (non-hydrogen) atoms. The Kier molecular flexibility index (Phi) is 7.70. The van der Waals surface area contributed by atoms with E-state index in [0.29, 0.717) is 22.2 Å². The van der Waals surface area contributed by atoms with E-state index in [9.17, 15) is 9.59 Å². The largest absolute Gasteiger partial charge is 0.305 e. The summed E-state index contributed by atoms with van der Waals surface area (Å²) in [5, 5.41) is 3.57. The van der Waals surface area contributed by atoms with E-state index in [1.54, 1.807) is 16.7 Å². The average molecular weight is 434 g/mol. The van der Waals surface area contributed by atoms with Gasteiger partial charge in [0.1, 0.15) is 4.32 Å². The number of hydrogen-bond donors (Lipinski definition) is 1. The van der Waals surface area contributed by atoms with Crippen LogP contribution in [0.2, 0.25) is 0 Å². The standard InChI is InChI=1S/C20H23N3O2S3/c1-14-6-8-15(9-7-14)13-16-18(25)23(20(26)28-16)11-4-2-3-5-17(24)22-19-21-10-12-27-19/h6-9,13H,2-5,10-12H2,1H3,(H,21,22,24). The molecule has 8 heteroatoms. The lowest BCUT2D eigenvalue weighted by molar-refractivity contribution is -0.122. The van der Waals surface area contributed by atoms with Crippen molar-refractivity contribution >= 4 is 63.1 Å². The highest BCUT2D eigenvalue weighted by Crippen LogP contribution is 2.32. The van der Waals surface area contributed by atoms with E-state index in [0.717, 1.165) is 42.3 Å². The number of aliphatic imine (C=N–C) groups is 1. The first-order valence-electron chi connectivity index (χ1n) is 9.32. The number of amidine groups is 1. The van der Waals surface area contributed by atoms with Crippen molar-refractivity contribution in [3.63, 3.8) is 0 Å². The van der Waals surface area contributed by atoms with Crippen LogP contribution in [0.15, 0.2) is 34.2 Å². The first-order chi connectivity index (χ1) is 13.5. The lowest BCUT2D eigenvalue weighted by Crippen LogP contribution is -2.29. The summed E-state index contributed by atoms with van der Waals surface area (Å²) in [6, 6.07) is 8.06. The van der Waals surface area contributed by atoms with Gasteiger partial charge in [0.25, 0.3) is 5.91 Å². The number of benzene rings is 1. The van der Waals surface area contributed by atoms with E-state index < -0.39 is 0 Å². The van der Waals surface area contributed by atoms with Gasteiger partial charge in [0, 0.05) is 18.7 Å². The first kappa shape index (κ1) is 21.1. The Labute approximate surface area is 179 Å². The zero-order valence-electron chi connectivity index (χ0n) is 15.8. The number of hydrogen-bond acceptors (Lipinski definition) is 6. The molecule has 0 unspecified atom stereocenters. The summed E-state index contributed by atoms with van der Waals surface area (Å²) in [5.74, 6) is 0.932. The molecule has 0 aromatic heterocycles. The molecule has 2 aliphatic rings. The molecule has 1 aromatic rings. The zero-order chi connectivity index (χ0) is 19.9. The Bertz CT molecular complexity index is 818. The first-order valence-corrected chi connectivity index (χ1v) is 11.5. The molecule has 2 aliphatic heterocycles. The van der Waals surface area contributed by atoms with Crippen molar-refractivity contribution in [3.05, 3.63) is 40.3 Å². The van der Waals surface area contributed by atoms with Crippen LogP contribution in [0.4, 0.5) is 0 Å². The Balaban J connectivity index is 1.40. The molecule has 2 heterocycles. The Morgan fingerprint density at radius 3 is 2.79 bits per heavy atom. The summed E-state index contributed by atoms with van der Waals surface area (Å²) in [6.07, 6.45) is 4.87. The number of rotatable bonds is 7. The summed E-state index contributed by atoms with van der Waals surface area (Å²) < 4.78 is 0.609. The molecule has 1 saturated heterocycles. The van der Waals surface area contributed by atoms with Gasteiger partial charge < -0.3 is 5.32 Å². The van der Waals surface area contributed by atoms with Crippen molar-refractivity contribution < 1.29 is 9.59 Å². The number of unbranched alkanes of at least 4 members (excludes halogenated alkanes) is 2. The van der Waals surface area contributed by atoms with E-state index in [-0.39, 0.29) is 11.8 Å². The SMILES string of the molecule is Cc1ccc(C=C2SC(=S)N(CCCCCC(=O)NC3=NCCS3)C2=O)cc1. The van der Waals surface area contributed by atoms with Crippen molar-refractivity contribution in [2.24, 2.45) is 4.99 Å². The minimum atomic E-state index is -0.0235. The maximum Gasteiger partial charge on any atom is 0.266 e. The lowest BCUT2D eigenvalue weighted by Gasteiger charge is -2.14. The van der Waals surface area contributed by atoms with Crippen LogP contribution in [-0.4, -0.2) is 45.0 Å². The second kappa shape index (κ2) is 10.2. The molecule has 1 aromatic carbocycles. The van der Waals surface area contributed by atoms with Crippen LogP contribution in [0.3, 0.4) is 0 Å². The maximum atomic E-state index is 12.6. The minimum absolute atomic E-state index is 0.0137. The number of amides is 2. The summed E-state index contributed by atoms with van der Waals surface area (Å²) in [7, 11) is 0. The quantitative estimate of drug-likeness (QED) is 0.400. The predicted octanol–water partition coefficient (Wildman–Crippen LogP) is 3.98. The van der Waals surface area contributed by atoms with Gasteiger partial charge in [-0.05, 0) is 31.4 Å². The number of nitrogens with zero attached hydrogens (tertiary/aromatic N) is 2. The Morgan fingerprint density at radius 2 is 2.07 bits per heavy atom. The van der Waals surface area contributed by atoms with Gasteiger partial charge in [-0.1, -0.05) is 72.0 Å². The minimum Gasteiger partial charge on any atom is -0.305 e. The summed E-state index contributed by atoms with van der Waals surface area (Å²) in [5.41, 5.74) is 2.19. The molecule has 1 fully saturated rings. The van der Waals surface area contributed by atoms with Crippen LogP contribution < -0.4 is 5.32 Å². The van der Waals surface area contributed by atoms with Gasteiger partial charge in [-0.2, -0.15) is 0 Å². The fraction of sp³-hybridized carbons (Fsp3) is 0.400. The van der Waals surface area contributed by atoms with Crippen molar-refractivity contribution in [2.45, 2.75) is 32.6 Å². The summed E-state index contributed by atoms with van der Waals surface area (Å²) in [6.45, 7) is 3.41. The molecule has 0 saturated carbocycles. The number of carbonyl (C=O) groups is 2. The molecule has 0 aliphatic carbocycles. The molecule has 1 N–H and O–H groups in total. The van der Waals surface area contributed by atoms with Gasteiger partial charge in [0.2, 0.25) is 5.91 Å². The third-order valence-corrected chi connectivity index (χ3v) is 6.64. The molecule has 148 valence electrons. The Hall–Kier alpha value is -1.64. The molecule has 5 nitrogen and oxygen atoms in total. The molecule has 0 spiro atoms. The highest BCUT2D eigenvalue weighted by Gasteiger charge is 2.31. The highest BCUT2D eigenvalue weighted by atomic mass is 32.2. The van der Waals surface area contributed by atoms with E-state index in [4.69, 9.17) is 12.2 Å². The normalized spacial score (nSPS) is 18.1. The van der Waals surface area contributed by atoms with Gasteiger partial charge >= 0.3 is 0 Å². The van der Waals surface area contributed by atoms with Crippen molar-refractivity contribution in [3.8, 4) is 0 Å². The van der Waals surface area contributed by atoms with Crippen molar-refractivity contribution in [2.75, 3.05) is 18.8 Å². The monoisotopic (exact) mass is 433 g/mol. The predicted molar refractivity (Wildman–Crippen MR) is 122 cm³/mol. The highest BCUT2D eigenvalue weighted by molar-refractivity contribution is 8.26. The molecule has 0 bridgehead atoms. The number of thioether (sulfide) groups is 2. The molecule has 3 rings (SSSR count). The van der Waals surface area contributed by atoms with E-state index in [2.05, 4.69) is 10.3 Å². The van der Waals surface area contributed by atoms with Crippen LogP contribution in [0.25, 0.3) is 6.08 Å². The third-order valence-electron chi connectivity index (χ3n) is 4.37.